The summed E-state index contributed by atoms with van der Waals surface area (Å²) in [6, 6.07) is 3.99. The highest BCUT2D eigenvalue weighted by atomic mass is 35.5. The van der Waals surface area contributed by atoms with Gasteiger partial charge in [-0.1, -0.05) is 0 Å². The molecule has 1 aromatic rings. The summed E-state index contributed by atoms with van der Waals surface area (Å²) in [5.41, 5.74) is 1.09. The number of morpholine rings is 1. The van der Waals surface area contributed by atoms with Crippen molar-refractivity contribution in [2.75, 3.05) is 26.8 Å². The molecule has 1 amide bonds. The molecule has 1 atom stereocenters. The highest BCUT2D eigenvalue weighted by molar-refractivity contribution is 5.85. The summed E-state index contributed by atoms with van der Waals surface area (Å²) in [6.45, 7) is 2.80. The van der Waals surface area contributed by atoms with E-state index >= 15 is 0 Å². The van der Waals surface area contributed by atoms with E-state index in [-0.39, 0.29) is 36.8 Å². The molecule has 0 bridgehead atoms. The van der Waals surface area contributed by atoms with Crippen molar-refractivity contribution in [2.45, 2.75) is 19.0 Å². The minimum absolute atomic E-state index is 0. The van der Waals surface area contributed by atoms with Crippen molar-refractivity contribution < 1.29 is 9.53 Å². The predicted molar refractivity (Wildman–Crippen MR) is 82.4 cm³/mol. The van der Waals surface area contributed by atoms with Gasteiger partial charge in [-0.25, -0.2) is 0 Å². The lowest BCUT2D eigenvalue weighted by Crippen LogP contribution is -2.44. The average Bonchev–Trinajstić information content (AvgIpc) is 2.41. The van der Waals surface area contributed by atoms with Gasteiger partial charge in [0.2, 0.25) is 5.91 Å². The summed E-state index contributed by atoms with van der Waals surface area (Å²) < 4.78 is 5.34. The molecule has 0 radical (unpaired) electrons. The molecule has 1 aliphatic rings. The van der Waals surface area contributed by atoms with Gasteiger partial charge in [-0.05, 0) is 17.7 Å². The lowest BCUT2D eigenvalue weighted by Gasteiger charge is -2.25. The van der Waals surface area contributed by atoms with Gasteiger partial charge in [0.15, 0.2) is 0 Å². The van der Waals surface area contributed by atoms with Crippen molar-refractivity contribution in [2.24, 2.45) is 0 Å². The Hall–Kier alpha value is -0.880. The largest absolute Gasteiger partial charge is 0.378 e. The van der Waals surface area contributed by atoms with E-state index < -0.39 is 0 Å². The van der Waals surface area contributed by atoms with E-state index in [9.17, 15) is 4.79 Å². The Morgan fingerprint density at radius 1 is 1.45 bits per heavy atom. The number of nitrogens with one attached hydrogen (secondary N) is 1. The van der Waals surface area contributed by atoms with E-state index in [0.29, 0.717) is 19.6 Å². The number of pyridine rings is 1. The van der Waals surface area contributed by atoms with Crippen LogP contribution < -0.4 is 5.32 Å². The van der Waals surface area contributed by atoms with Crippen LogP contribution in [0.3, 0.4) is 0 Å². The third kappa shape index (κ3) is 6.05. The number of amides is 1. The molecule has 1 N–H and O–H groups in total. The van der Waals surface area contributed by atoms with Crippen molar-refractivity contribution in [3.05, 3.63) is 30.1 Å². The number of rotatable bonds is 4. The molecule has 114 valence electrons. The molecule has 1 unspecified atom stereocenters. The van der Waals surface area contributed by atoms with Crippen LogP contribution in [0.1, 0.15) is 12.0 Å². The number of carbonyl (C=O) groups excluding carboxylic acids is 1. The predicted octanol–water partition coefficient (Wildman–Crippen LogP) is 1.26. The molecule has 0 aromatic carbocycles. The molecule has 2 heterocycles. The van der Waals surface area contributed by atoms with E-state index in [4.69, 9.17) is 4.74 Å². The van der Waals surface area contributed by atoms with E-state index in [1.54, 1.807) is 17.3 Å². The van der Waals surface area contributed by atoms with Gasteiger partial charge in [-0.2, -0.15) is 0 Å². The Balaban J connectivity index is 0.00000180. The number of hydrogen-bond acceptors (Lipinski definition) is 4. The summed E-state index contributed by atoms with van der Waals surface area (Å²) in [6.07, 6.45) is 3.97. The van der Waals surface area contributed by atoms with E-state index in [1.807, 2.05) is 19.2 Å². The number of aromatic nitrogens is 1. The smallest absolute Gasteiger partial charge is 0.224 e. The molecular weight excluding hydrogens is 301 g/mol. The Bertz CT molecular complexity index is 386. The van der Waals surface area contributed by atoms with Crippen LogP contribution in [0.5, 0.6) is 0 Å². The molecule has 20 heavy (non-hydrogen) atoms. The first-order valence-electron chi connectivity index (χ1n) is 6.19. The van der Waals surface area contributed by atoms with Gasteiger partial charge in [-0.15, -0.1) is 24.8 Å². The standard InChI is InChI=1S/C13H19N3O2.2ClH/c1-16(9-11-2-4-14-5-3-11)13(17)8-12-10-18-7-6-15-12;;/h2-5,12,15H,6-10H2,1H3;2*1H. The summed E-state index contributed by atoms with van der Waals surface area (Å²) in [4.78, 5) is 17.7. The summed E-state index contributed by atoms with van der Waals surface area (Å²) in [5.74, 6) is 0.134. The lowest BCUT2D eigenvalue weighted by molar-refractivity contribution is -0.131. The maximum absolute atomic E-state index is 12.0. The van der Waals surface area contributed by atoms with Crippen LogP contribution in [0, 0.1) is 0 Å². The lowest BCUT2D eigenvalue weighted by atomic mass is 10.1. The van der Waals surface area contributed by atoms with Gasteiger partial charge in [0.25, 0.3) is 0 Å². The van der Waals surface area contributed by atoms with Crippen molar-refractivity contribution in [3.63, 3.8) is 0 Å². The van der Waals surface area contributed by atoms with Crippen LogP contribution in [0.2, 0.25) is 0 Å². The first-order chi connectivity index (χ1) is 8.75. The third-order valence-electron chi connectivity index (χ3n) is 3.01. The van der Waals surface area contributed by atoms with Crippen LogP contribution in [0.4, 0.5) is 0 Å². The van der Waals surface area contributed by atoms with E-state index in [2.05, 4.69) is 10.3 Å². The fourth-order valence-electron chi connectivity index (χ4n) is 1.97. The second kappa shape index (κ2) is 9.94. The van der Waals surface area contributed by atoms with Crippen molar-refractivity contribution >= 4 is 30.7 Å². The molecule has 2 rings (SSSR count). The Labute approximate surface area is 131 Å². The van der Waals surface area contributed by atoms with Crippen molar-refractivity contribution in [1.82, 2.24) is 15.2 Å². The maximum Gasteiger partial charge on any atom is 0.224 e. The van der Waals surface area contributed by atoms with Crippen LogP contribution >= 0.6 is 24.8 Å². The van der Waals surface area contributed by atoms with E-state index in [1.165, 1.54) is 0 Å². The molecule has 0 saturated carbocycles. The van der Waals surface area contributed by atoms with Crippen LogP contribution in [-0.4, -0.2) is 48.6 Å². The molecule has 1 aliphatic heterocycles. The van der Waals surface area contributed by atoms with Crippen LogP contribution in [-0.2, 0) is 16.1 Å². The molecule has 5 nitrogen and oxygen atoms in total. The highest BCUT2D eigenvalue weighted by Gasteiger charge is 2.19. The van der Waals surface area contributed by atoms with Crippen LogP contribution in [0.15, 0.2) is 24.5 Å². The summed E-state index contributed by atoms with van der Waals surface area (Å²) in [5, 5.41) is 3.29. The molecular formula is C13H21Cl2N3O2. The summed E-state index contributed by atoms with van der Waals surface area (Å²) in [7, 11) is 1.83. The quantitative estimate of drug-likeness (QED) is 0.907. The van der Waals surface area contributed by atoms with Gasteiger partial charge in [0.1, 0.15) is 0 Å². The number of nitrogens with zero attached hydrogens (tertiary/aromatic N) is 2. The van der Waals surface area contributed by atoms with Crippen molar-refractivity contribution in [3.8, 4) is 0 Å². The monoisotopic (exact) mass is 321 g/mol. The molecule has 0 spiro atoms. The number of ether oxygens (including phenoxy) is 1. The molecule has 1 aromatic heterocycles. The Kier molecular flexibility index (Phi) is 9.50. The zero-order chi connectivity index (χ0) is 12.8. The van der Waals surface area contributed by atoms with Gasteiger partial charge in [0.05, 0.1) is 13.2 Å². The topological polar surface area (TPSA) is 54.5 Å². The second-order valence-corrected chi connectivity index (χ2v) is 4.54. The minimum atomic E-state index is 0. The Morgan fingerprint density at radius 2 is 2.15 bits per heavy atom. The fourth-order valence-corrected chi connectivity index (χ4v) is 1.97. The molecule has 1 saturated heterocycles. The van der Waals surface area contributed by atoms with Gasteiger partial charge in [-0.3, -0.25) is 9.78 Å². The first-order valence-corrected chi connectivity index (χ1v) is 6.19. The van der Waals surface area contributed by atoms with E-state index in [0.717, 1.165) is 18.7 Å². The third-order valence-corrected chi connectivity index (χ3v) is 3.01. The second-order valence-electron chi connectivity index (χ2n) is 4.54. The normalized spacial score (nSPS) is 17.6. The maximum atomic E-state index is 12.0. The molecule has 1 fully saturated rings. The minimum Gasteiger partial charge on any atom is -0.378 e. The Morgan fingerprint density at radius 3 is 2.75 bits per heavy atom. The van der Waals surface area contributed by atoms with Crippen molar-refractivity contribution in [1.29, 1.82) is 0 Å². The first kappa shape index (κ1) is 19.1. The highest BCUT2D eigenvalue weighted by Crippen LogP contribution is 2.06. The summed E-state index contributed by atoms with van der Waals surface area (Å²) >= 11 is 0. The fraction of sp³-hybridized carbons (Fsp3) is 0.538. The zero-order valence-electron chi connectivity index (χ0n) is 11.4. The zero-order valence-corrected chi connectivity index (χ0v) is 13.1. The molecule has 0 aliphatic carbocycles. The number of carbonyl (C=O) groups is 1. The van der Waals surface area contributed by atoms with Gasteiger partial charge in [0, 0.05) is 45.0 Å². The SMILES string of the molecule is CN(Cc1ccncc1)C(=O)CC1COCCN1.Cl.Cl. The molecule has 7 heteroatoms. The van der Waals surface area contributed by atoms with Crippen LogP contribution in [0.25, 0.3) is 0 Å². The number of halogens is 2. The average molecular weight is 322 g/mol. The number of hydrogen-bond donors (Lipinski definition) is 1. The van der Waals surface area contributed by atoms with Gasteiger partial charge < -0.3 is 15.0 Å². The van der Waals surface area contributed by atoms with Gasteiger partial charge >= 0.3 is 0 Å².